The van der Waals surface area contributed by atoms with Gasteiger partial charge in [-0.3, -0.25) is 9.69 Å². The highest BCUT2D eigenvalue weighted by Gasteiger charge is 2.25. The van der Waals surface area contributed by atoms with Crippen LogP contribution in [0, 0.1) is 11.6 Å². The van der Waals surface area contributed by atoms with Crippen molar-refractivity contribution in [3.05, 3.63) is 85.3 Å². The summed E-state index contributed by atoms with van der Waals surface area (Å²) in [7, 11) is 0. The summed E-state index contributed by atoms with van der Waals surface area (Å²) in [6.07, 6.45) is 4.66. The smallest absolute Gasteiger partial charge is 0.247 e. The summed E-state index contributed by atoms with van der Waals surface area (Å²) in [6.45, 7) is 9.89. The minimum atomic E-state index is -0.973. The Balaban J connectivity index is 1.34. The van der Waals surface area contributed by atoms with Gasteiger partial charge < -0.3 is 25.0 Å². The van der Waals surface area contributed by atoms with Crippen molar-refractivity contribution in [2.24, 2.45) is 0 Å². The predicted octanol–water partition coefficient (Wildman–Crippen LogP) is 5.04. The topological polar surface area (TPSA) is 85.1 Å². The van der Waals surface area contributed by atoms with Gasteiger partial charge in [0.15, 0.2) is 11.6 Å². The third-order valence-corrected chi connectivity index (χ3v) is 6.83. The van der Waals surface area contributed by atoms with E-state index in [0.717, 1.165) is 16.6 Å². The number of carbonyl (C=O) groups is 1. The van der Waals surface area contributed by atoms with E-state index in [2.05, 4.69) is 27.1 Å². The Bertz CT molecular complexity index is 1550. The second-order valence-electron chi connectivity index (χ2n) is 10.5. The monoisotopic (exact) mass is 546 g/mol. The molecule has 3 heterocycles. The molecule has 208 valence electrons. The number of fused-ring (bicyclic) bond motifs is 1. The molecule has 0 spiro atoms. The Morgan fingerprint density at radius 1 is 1.10 bits per heavy atom. The maximum atomic E-state index is 15.2. The number of piperazine rings is 1. The maximum Gasteiger partial charge on any atom is 0.247 e. The van der Waals surface area contributed by atoms with Crippen LogP contribution >= 0.6 is 0 Å². The molecule has 1 fully saturated rings. The Morgan fingerprint density at radius 3 is 2.60 bits per heavy atom. The number of aliphatic hydroxyl groups is 1. The highest BCUT2D eigenvalue weighted by Crippen LogP contribution is 2.32. The fourth-order valence-electron chi connectivity index (χ4n) is 4.99. The highest BCUT2D eigenvalue weighted by atomic mass is 19.2. The summed E-state index contributed by atoms with van der Waals surface area (Å²) in [4.78, 5) is 20.0. The van der Waals surface area contributed by atoms with E-state index < -0.39 is 17.2 Å². The number of amides is 1. The van der Waals surface area contributed by atoms with Crippen LogP contribution in [0.5, 0.6) is 0 Å². The minimum Gasteiger partial charge on any atom is -0.389 e. The molecule has 0 unspecified atom stereocenters. The number of hydrogen-bond donors (Lipinski definition) is 3. The predicted molar refractivity (Wildman–Crippen MR) is 154 cm³/mol. The SMILES string of the molecule is C=CC(=O)Nc1cccc(-c2ccn3cnc(Nc4ccc(N5CCN(CC(C)(C)O)CC5)c(F)c4F)cc23)c1. The zero-order valence-electron chi connectivity index (χ0n) is 22.5. The second-order valence-corrected chi connectivity index (χ2v) is 10.5. The Kier molecular flexibility index (Phi) is 7.55. The summed E-state index contributed by atoms with van der Waals surface area (Å²) in [5.41, 5.74) is 2.57. The van der Waals surface area contributed by atoms with Gasteiger partial charge in [0, 0.05) is 56.2 Å². The number of anilines is 4. The van der Waals surface area contributed by atoms with Crippen LogP contribution < -0.4 is 15.5 Å². The average molecular weight is 547 g/mol. The third-order valence-electron chi connectivity index (χ3n) is 6.83. The zero-order valence-corrected chi connectivity index (χ0v) is 22.5. The van der Waals surface area contributed by atoms with Crippen LogP contribution in [0.2, 0.25) is 0 Å². The number of aromatic nitrogens is 2. The van der Waals surface area contributed by atoms with Gasteiger partial charge in [-0.25, -0.2) is 13.8 Å². The fourth-order valence-corrected chi connectivity index (χ4v) is 4.99. The van der Waals surface area contributed by atoms with E-state index in [4.69, 9.17) is 0 Å². The van der Waals surface area contributed by atoms with Crippen LogP contribution in [0.15, 0.2) is 73.7 Å². The number of nitrogens with one attached hydrogen (secondary N) is 2. The van der Waals surface area contributed by atoms with Gasteiger partial charge in [0.05, 0.1) is 22.5 Å². The van der Waals surface area contributed by atoms with E-state index >= 15 is 8.78 Å². The van der Waals surface area contributed by atoms with Gasteiger partial charge in [0.1, 0.15) is 12.1 Å². The van der Waals surface area contributed by atoms with Gasteiger partial charge in [-0.15, -0.1) is 0 Å². The largest absolute Gasteiger partial charge is 0.389 e. The molecule has 0 bridgehead atoms. The molecule has 0 aliphatic carbocycles. The molecular formula is C30H32F2N6O2. The van der Waals surface area contributed by atoms with Gasteiger partial charge in [0.25, 0.3) is 0 Å². The zero-order chi connectivity index (χ0) is 28.4. The van der Waals surface area contributed by atoms with Crippen molar-refractivity contribution in [2.45, 2.75) is 19.4 Å². The Hall–Kier alpha value is -4.28. The van der Waals surface area contributed by atoms with Crippen LogP contribution in [-0.4, -0.2) is 63.6 Å². The van der Waals surface area contributed by atoms with Crippen LogP contribution in [0.4, 0.5) is 31.7 Å². The molecule has 1 aliphatic heterocycles. The van der Waals surface area contributed by atoms with Crippen molar-refractivity contribution < 1.29 is 18.7 Å². The van der Waals surface area contributed by atoms with Gasteiger partial charge in [0.2, 0.25) is 5.91 Å². The maximum absolute atomic E-state index is 15.2. The van der Waals surface area contributed by atoms with Gasteiger partial charge in [-0.1, -0.05) is 18.7 Å². The molecule has 0 atom stereocenters. The third kappa shape index (κ3) is 5.98. The average Bonchev–Trinajstić information content (AvgIpc) is 3.35. The fraction of sp³-hybridized carbons (Fsp3) is 0.267. The van der Waals surface area contributed by atoms with E-state index in [-0.39, 0.29) is 17.3 Å². The Morgan fingerprint density at radius 2 is 1.88 bits per heavy atom. The number of β-amino-alcohol motifs (C(OH)–C–C–N with tert-alkyl or cyclic N) is 1. The van der Waals surface area contributed by atoms with Crippen LogP contribution in [0.1, 0.15) is 13.8 Å². The number of halogens is 2. The number of rotatable bonds is 8. The molecule has 1 saturated heterocycles. The minimum absolute atomic E-state index is 0.0130. The van der Waals surface area contributed by atoms with E-state index in [1.165, 1.54) is 12.1 Å². The number of nitrogens with zero attached hydrogens (tertiary/aromatic N) is 4. The van der Waals surface area contributed by atoms with Crippen LogP contribution in [-0.2, 0) is 4.79 Å². The van der Waals surface area contributed by atoms with E-state index in [9.17, 15) is 9.90 Å². The molecule has 0 saturated carbocycles. The molecule has 2 aromatic heterocycles. The van der Waals surface area contributed by atoms with Crippen molar-refractivity contribution in [1.82, 2.24) is 14.3 Å². The standard InChI is InChI=1S/C30H32F2N6O2/c1-4-27(39)34-21-7-5-6-20(16-21)22-10-11-38-19-33-26(17-25(22)38)35-23-8-9-24(29(32)28(23)31)37-14-12-36(13-15-37)18-30(2,3)40/h4-11,16-17,19,35,40H,1,12-15,18H2,2-3H3,(H,34,39). The lowest BCUT2D eigenvalue weighted by Gasteiger charge is -2.38. The molecule has 2 aromatic carbocycles. The van der Waals surface area contributed by atoms with Crippen LogP contribution in [0.3, 0.4) is 0 Å². The van der Waals surface area contributed by atoms with E-state index in [1.807, 2.05) is 39.8 Å². The van der Waals surface area contributed by atoms with Crippen molar-refractivity contribution in [3.8, 4) is 11.1 Å². The quantitative estimate of drug-likeness (QED) is 0.269. The van der Waals surface area contributed by atoms with Gasteiger partial charge in [-0.2, -0.15) is 0 Å². The van der Waals surface area contributed by atoms with Crippen molar-refractivity contribution in [1.29, 1.82) is 0 Å². The molecule has 1 aliphatic rings. The molecule has 4 aromatic rings. The number of carbonyl (C=O) groups excluding carboxylic acids is 1. The van der Waals surface area contributed by atoms with Gasteiger partial charge >= 0.3 is 0 Å². The summed E-state index contributed by atoms with van der Waals surface area (Å²) in [5.74, 6) is -1.83. The first kappa shape index (κ1) is 27.3. The van der Waals surface area contributed by atoms with E-state index in [1.54, 1.807) is 38.4 Å². The van der Waals surface area contributed by atoms with Crippen LogP contribution in [0.25, 0.3) is 16.6 Å². The first-order valence-corrected chi connectivity index (χ1v) is 13.1. The van der Waals surface area contributed by atoms with Gasteiger partial charge in [-0.05, 0) is 55.8 Å². The van der Waals surface area contributed by atoms with Crippen molar-refractivity contribution >= 4 is 34.3 Å². The molecule has 3 N–H and O–H groups in total. The lowest BCUT2D eigenvalue weighted by atomic mass is 10.1. The molecule has 40 heavy (non-hydrogen) atoms. The molecule has 5 rings (SSSR count). The lowest BCUT2D eigenvalue weighted by molar-refractivity contribution is -0.111. The number of benzene rings is 2. The molecule has 1 amide bonds. The first-order valence-electron chi connectivity index (χ1n) is 13.1. The summed E-state index contributed by atoms with van der Waals surface area (Å²) in [5, 5.41) is 15.7. The summed E-state index contributed by atoms with van der Waals surface area (Å²) in [6, 6.07) is 14.2. The molecule has 8 nitrogen and oxygen atoms in total. The second kappa shape index (κ2) is 11.1. The van der Waals surface area contributed by atoms with Crippen molar-refractivity contribution in [2.75, 3.05) is 48.3 Å². The van der Waals surface area contributed by atoms with E-state index in [0.29, 0.717) is 44.2 Å². The molecular weight excluding hydrogens is 514 g/mol. The summed E-state index contributed by atoms with van der Waals surface area (Å²) < 4.78 is 32.2. The number of hydrogen-bond acceptors (Lipinski definition) is 6. The molecule has 10 heteroatoms. The highest BCUT2D eigenvalue weighted by molar-refractivity contribution is 5.99. The lowest BCUT2D eigenvalue weighted by Crippen LogP contribution is -2.50. The summed E-state index contributed by atoms with van der Waals surface area (Å²) >= 11 is 0. The van der Waals surface area contributed by atoms with Crippen molar-refractivity contribution in [3.63, 3.8) is 0 Å². The Labute approximate surface area is 231 Å². The first-order chi connectivity index (χ1) is 19.1. The normalized spacial score (nSPS) is 14.4. The molecule has 0 radical (unpaired) electrons.